The third kappa shape index (κ3) is 4.56. The van der Waals surface area contributed by atoms with Crippen LogP contribution in [0.5, 0.6) is 0 Å². The molecule has 17 heavy (non-hydrogen) atoms. The molecule has 0 fully saturated rings. The van der Waals surface area contributed by atoms with Crippen LogP contribution < -0.4 is 11.1 Å². The van der Waals surface area contributed by atoms with E-state index in [0.717, 1.165) is 12.2 Å². The van der Waals surface area contributed by atoms with Crippen molar-refractivity contribution < 1.29 is 4.74 Å². The van der Waals surface area contributed by atoms with E-state index < -0.39 is 0 Å². The number of nitrogens with two attached hydrogens (primary N) is 1. The van der Waals surface area contributed by atoms with Crippen LogP contribution >= 0.6 is 0 Å². The van der Waals surface area contributed by atoms with Crippen molar-refractivity contribution in [3.8, 4) is 0 Å². The predicted octanol–water partition coefficient (Wildman–Crippen LogP) is 2.20. The van der Waals surface area contributed by atoms with Gasteiger partial charge in [0.2, 0.25) is 0 Å². The Morgan fingerprint density at radius 2 is 2.06 bits per heavy atom. The van der Waals surface area contributed by atoms with E-state index in [4.69, 9.17) is 10.5 Å². The van der Waals surface area contributed by atoms with Crippen molar-refractivity contribution in [2.45, 2.75) is 46.3 Å². The maximum atomic E-state index is 5.74. The number of anilines is 2. The summed E-state index contributed by atoms with van der Waals surface area (Å²) >= 11 is 0. The first-order chi connectivity index (χ1) is 7.96. The molecular formula is C12H22N4O. The zero-order valence-corrected chi connectivity index (χ0v) is 11.1. The summed E-state index contributed by atoms with van der Waals surface area (Å²) in [5.41, 5.74) is 5.73. The highest BCUT2D eigenvalue weighted by molar-refractivity contribution is 5.46. The quantitative estimate of drug-likeness (QED) is 0.794. The largest absolute Gasteiger partial charge is 0.384 e. The van der Waals surface area contributed by atoms with Gasteiger partial charge in [0.15, 0.2) is 5.82 Å². The fourth-order valence-electron chi connectivity index (χ4n) is 1.27. The number of nitrogens with one attached hydrogen (secondary N) is 1. The van der Waals surface area contributed by atoms with Crippen molar-refractivity contribution in [3.63, 3.8) is 0 Å². The lowest BCUT2D eigenvalue weighted by Gasteiger charge is -2.25. The van der Waals surface area contributed by atoms with Gasteiger partial charge in [0.05, 0.1) is 0 Å². The molecule has 1 aromatic rings. The van der Waals surface area contributed by atoms with Crippen LogP contribution in [0, 0.1) is 0 Å². The molecule has 0 saturated carbocycles. The molecule has 0 aliphatic carbocycles. The van der Waals surface area contributed by atoms with Crippen molar-refractivity contribution in [1.82, 2.24) is 9.97 Å². The minimum atomic E-state index is -0.0102. The zero-order chi connectivity index (χ0) is 12.9. The molecule has 1 heterocycles. The molecule has 0 spiro atoms. The normalized spacial score (nSPS) is 11.5. The Balaban J connectivity index is 2.82. The lowest BCUT2D eigenvalue weighted by molar-refractivity contribution is 0.128. The van der Waals surface area contributed by atoms with E-state index in [1.54, 1.807) is 6.07 Å². The van der Waals surface area contributed by atoms with Gasteiger partial charge in [-0.15, -0.1) is 0 Å². The Bertz CT molecular complexity index is 366. The van der Waals surface area contributed by atoms with Gasteiger partial charge in [0.1, 0.15) is 18.2 Å². The van der Waals surface area contributed by atoms with Crippen molar-refractivity contribution in [2.75, 3.05) is 17.7 Å². The fourth-order valence-corrected chi connectivity index (χ4v) is 1.27. The van der Waals surface area contributed by atoms with Gasteiger partial charge in [0.25, 0.3) is 0 Å². The minimum absolute atomic E-state index is 0.0102. The zero-order valence-electron chi connectivity index (χ0n) is 11.1. The molecule has 0 radical (unpaired) electrons. The van der Waals surface area contributed by atoms with Crippen molar-refractivity contribution in [1.29, 1.82) is 0 Å². The summed E-state index contributed by atoms with van der Waals surface area (Å²) in [6, 6.07) is 1.74. The smallest absolute Gasteiger partial charge is 0.158 e. The lowest BCUT2D eigenvalue weighted by Crippen LogP contribution is -2.30. The van der Waals surface area contributed by atoms with Gasteiger partial charge in [-0.2, -0.15) is 0 Å². The molecule has 96 valence electrons. The summed E-state index contributed by atoms with van der Waals surface area (Å²) in [6.45, 7) is 9.33. The highest BCUT2D eigenvalue weighted by Crippen LogP contribution is 2.17. The average molecular weight is 238 g/mol. The molecule has 0 unspecified atom stereocenters. The number of nitrogen functional groups attached to an aromatic ring is 1. The number of aromatic nitrogens is 2. The minimum Gasteiger partial charge on any atom is -0.384 e. The third-order valence-electron chi connectivity index (χ3n) is 2.58. The second-order valence-electron chi connectivity index (χ2n) is 4.59. The Kier molecular flexibility index (Phi) is 4.69. The van der Waals surface area contributed by atoms with Crippen LogP contribution in [0.15, 0.2) is 6.07 Å². The molecule has 1 rings (SSSR count). The maximum absolute atomic E-state index is 5.74. The molecule has 3 N–H and O–H groups in total. The molecule has 0 saturated heterocycles. The molecule has 0 atom stereocenters. The second-order valence-corrected chi connectivity index (χ2v) is 4.59. The van der Waals surface area contributed by atoms with Gasteiger partial charge in [-0.25, -0.2) is 9.97 Å². The molecular weight excluding hydrogens is 216 g/mol. The van der Waals surface area contributed by atoms with Crippen LogP contribution in [0.2, 0.25) is 0 Å². The van der Waals surface area contributed by atoms with Crippen LogP contribution in [0.1, 0.15) is 39.9 Å². The van der Waals surface area contributed by atoms with E-state index in [1.165, 1.54) is 0 Å². The first kappa shape index (κ1) is 13.7. The number of rotatable bonds is 6. The molecule has 0 bridgehead atoms. The Morgan fingerprint density at radius 3 is 2.65 bits per heavy atom. The van der Waals surface area contributed by atoms with E-state index in [0.29, 0.717) is 24.9 Å². The van der Waals surface area contributed by atoms with Crippen molar-refractivity contribution in [3.05, 3.63) is 11.9 Å². The van der Waals surface area contributed by atoms with Gasteiger partial charge in [-0.05, 0) is 27.2 Å². The Hall–Kier alpha value is -1.36. The monoisotopic (exact) mass is 238 g/mol. The molecule has 0 aromatic carbocycles. The van der Waals surface area contributed by atoms with Crippen molar-refractivity contribution >= 4 is 11.6 Å². The van der Waals surface area contributed by atoms with E-state index in [2.05, 4.69) is 36.1 Å². The number of nitrogens with zero attached hydrogens (tertiary/aromatic N) is 2. The van der Waals surface area contributed by atoms with E-state index in [9.17, 15) is 0 Å². The summed E-state index contributed by atoms with van der Waals surface area (Å²) in [7, 11) is 0. The molecule has 1 aromatic heterocycles. The average Bonchev–Trinajstić information content (AvgIpc) is 2.25. The van der Waals surface area contributed by atoms with Crippen LogP contribution in [0.3, 0.4) is 0 Å². The maximum Gasteiger partial charge on any atom is 0.158 e. The molecule has 5 nitrogen and oxygen atoms in total. The van der Waals surface area contributed by atoms with Crippen LogP contribution in [0.4, 0.5) is 11.6 Å². The Morgan fingerprint density at radius 1 is 1.35 bits per heavy atom. The predicted molar refractivity (Wildman–Crippen MR) is 69.8 cm³/mol. The molecule has 5 heteroatoms. The highest BCUT2D eigenvalue weighted by Gasteiger charge is 2.15. The standard InChI is InChI=1S/C12H22N4O/c1-5-12(3,4)16-10-7-9(13)14-11(15-10)8-17-6-2/h7H,5-6,8H2,1-4H3,(H3,13,14,15,16). The van der Waals surface area contributed by atoms with Gasteiger partial charge < -0.3 is 15.8 Å². The van der Waals surface area contributed by atoms with E-state index in [-0.39, 0.29) is 5.54 Å². The van der Waals surface area contributed by atoms with Gasteiger partial charge >= 0.3 is 0 Å². The topological polar surface area (TPSA) is 73.1 Å². The second kappa shape index (κ2) is 5.82. The summed E-state index contributed by atoms with van der Waals surface area (Å²) in [5, 5.41) is 3.34. The first-order valence-corrected chi connectivity index (χ1v) is 5.96. The summed E-state index contributed by atoms with van der Waals surface area (Å²) in [5.74, 6) is 1.82. The van der Waals surface area contributed by atoms with Gasteiger partial charge in [-0.3, -0.25) is 0 Å². The first-order valence-electron chi connectivity index (χ1n) is 5.96. The van der Waals surface area contributed by atoms with Crippen LogP contribution in [0.25, 0.3) is 0 Å². The third-order valence-corrected chi connectivity index (χ3v) is 2.58. The number of ether oxygens (including phenoxy) is 1. The molecule has 0 amide bonds. The van der Waals surface area contributed by atoms with Crippen LogP contribution in [-0.4, -0.2) is 22.1 Å². The number of hydrogen-bond donors (Lipinski definition) is 2. The summed E-state index contributed by atoms with van der Waals surface area (Å²) in [6.07, 6.45) is 0.998. The molecule has 0 aliphatic rings. The van der Waals surface area contributed by atoms with Crippen molar-refractivity contribution in [2.24, 2.45) is 0 Å². The SMILES string of the molecule is CCOCc1nc(N)cc(NC(C)(C)CC)n1. The van der Waals surface area contributed by atoms with E-state index >= 15 is 0 Å². The molecule has 0 aliphatic heterocycles. The summed E-state index contributed by atoms with van der Waals surface area (Å²) < 4.78 is 5.28. The van der Waals surface area contributed by atoms with E-state index in [1.807, 2.05) is 6.92 Å². The lowest BCUT2D eigenvalue weighted by atomic mass is 10.0. The summed E-state index contributed by atoms with van der Waals surface area (Å²) in [4.78, 5) is 8.51. The highest BCUT2D eigenvalue weighted by atomic mass is 16.5. The van der Waals surface area contributed by atoms with Gasteiger partial charge in [-0.1, -0.05) is 6.92 Å². The Labute approximate surface area is 103 Å². The number of hydrogen-bond acceptors (Lipinski definition) is 5. The van der Waals surface area contributed by atoms with Gasteiger partial charge in [0, 0.05) is 18.2 Å². The fraction of sp³-hybridized carbons (Fsp3) is 0.667. The van der Waals surface area contributed by atoms with Crippen LogP contribution in [-0.2, 0) is 11.3 Å².